The Kier molecular flexibility index (Phi) is 4.89. The molecule has 1 aromatic heterocycles. The number of aromatic nitrogens is 1. The summed E-state index contributed by atoms with van der Waals surface area (Å²) in [5.74, 6) is -0.209. The molecule has 1 N–H and O–H groups in total. The van der Waals surface area contributed by atoms with Crippen molar-refractivity contribution in [2.75, 3.05) is 7.11 Å². The van der Waals surface area contributed by atoms with Gasteiger partial charge in [-0.3, -0.25) is 15.1 Å². The second kappa shape index (κ2) is 5.96. The van der Waals surface area contributed by atoms with Crippen molar-refractivity contribution in [3.63, 3.8) is 0 Å². The number of hydrogen-bond donors (Lipinski definition) is 1. The van der Waals surface area contributed by atoms with Crippen LogP contribution in [0.3, 0.4) is 0 Å². The Morgan fingerprint density at radius 1 is 1.69 bits per heavy atom. The second-order valence-electron chi connectivity index (χ2n) is 3.89. The standard InChI is InChI=1S/C11H18N2O2S/c1-4-5-11(2,10(14)15-3)13-7-9-6-12-8-16-9/h6,8,13H,4-5,7H2,1-3H3. The molecule has 1 aromatic rings. The molecule has 0 aliphatic heterocycles. The van der Waals surface area contributed by atoms with Crippen LogP contribution in [0.4, 0.5) is 0 Å². The lowest BCUT2D eigenvalue weighted by Crippen LogP contribution is -2.49. The smallest absolute Gasteiger partial charge is 0.325 e. The molecule has 0 saturated heterocycles. The summed E-state index contributed by atoms with van der Waals surface area (Å²) in [7, 11) is 1.42. The Hall–Kier alpha value is -0.940. The van der Waals surface area contributed by atoms with E-state index in [1.165, 1.54) is 7.11 Å². The average molecular weight is 242 g/mol. The predicted octanol–water partition coefficient (Wildman–Crippen LogP) is 1.96. The molecular formula is C11H18N2O2S. The average Bonchev–Trinajstić information content (AvgIpc) is 2.78. The van der Waals surface area contributed by atoms with Gasteiger partial charge in [-0.1, -0.05) is 13.3 Å². The number of ether oxygens (including phenoxy) is 1. The third-order valence-electron chi connectivity index (χ3n) is 2.52. The number of nitrogens with one attached hydrogen (secondary N) is 1. The van der Waals surface area contributed by atoms with Crippen LogP contribution in [0.5, 0.6) is 0 Å². The molecule has 0 amide bonds. The summed E-state index contributed by atoms with van der Waals surface area (Å²) in [6, 6.07) is 0. The normalized spacial score (nSPS) is 14.4. The quantitative estimate of drug-likeness (QED) is 0.775. The number of carbonyl (C=O) groups is 1. The van der Waals surface area contributed by atoms with E-state index >= 15 is 0 Å². The first-order valence-electron chi connectivity index (χ1n) is 5.33. The van der Waals surface area contributed by atoms with Crippen LogP contribution in [0.25, 0.3) is 0 Å². The zero-order chi connectivity index (χ0) is 12.0. The van der Waals surface area contributed by atoms with E-state index in [-0.39, 0.29) is 5.97 Å². The number of nitrogens with zero attached hydrogens (tertiary/aromatic N) is 1. The molecule has 0 radical (unpaired) electrons. The largest absolute Gasteiger partial charge is 0.468 e. The van der Waals surface area contributed by atoms with E-state index in [1.807, 2.05) is 6.92 Å². The SMILES string of the molecule is CCCC(C)(NCc1cncs1)C(=O)OC. The van der Waals surface area contributed by atoms with Crippen molar-refractivity contribution in [1.82, 2.24) is 10.3 Å². The van der Waals surface area contributed by atoms with Crippen LogP contribution in [0.15, 0.2) is 11.7 Å². The van der Waals surface area contributed by atoms with Gasteiger partial charge in [-0.2, -0.15) is 0 Å². The van der Waals surface area contributed by atoms with E-state index in [9.17, 15) is 4.79 Å². The van der Waals surface area contributed by atoms with Crippen molar-refractivity contribution in [2.45, 2.75) is 38.8 Å². The van der Waals surface area contributed by atoms with Crippen molar-refractivity contribution < 1.29 is 9.53 Å². The van der Waals surface area contributed by atoms with Gasteiger partial charge in [0.2, 0.25) is 0 Å². The molecule has 0 aliphatic carbocycles. The highest BCUT2D eigenvalue weighted by molar-refractivity contribution is 7.09. The Morgan fingerprint density at radius 3 is 2.94 bits per heavy atom. The maximum Gasteiger partial charge on any atom is 0.325 e. The van der Waals surface area contributed by atoms with E-state index in [4.69, 9.17) is 4.74 Å². The highest BCUT2D eigenvalue weighted by Crippen LogP contribution is 2.16. The Bertz CT molecular complexity index is 327. The van der Waals surface area contributed by atoms with Gasteiger partial charge in [-0.05, 0) is 13.3 Å². The van der Waals surface area contributed by atoms with Crippen molar-refractivity contribution in [1.29, 1.82) is 0 Å². The minimum Gasteiger partial charge on any atom is -0.468 e. The van der Waals surface area contributed by atoms with Gasteiger partial charge in [0.1, 0.15) is 5.54 Å². The molecule has 5 heteroatoms. The van der Waals surface area contributed by atoms with Gasteiger partial charge in [0.15, 0.2) is 0 Å². The van der Waals surface area contributed by atoms with Crippen LogP contribution in [0.1, 0.15) is 31.6 Å². The van der Waals surface area contributed by atoms with E-state index in [0.29, 0.717) is 6.54 Å². The third-order valence-corrected chi connectivity index (χ3v) is 3.30. The zero-order valence-corrected chi connectivity index (χ0v) is 10.8. The number of carbonyl (C=O) groups excluding carboxylic acids is 1. The summed E-state index contributed by atoms with van der Waals surface area (Å²) in [5, 5.41) is 3.25. The molecule has 0 aliphatic rings. The maximum absolute atomic E-state index is 11.7. The van der Waals surface area contributed by atoms with Gasteiger partial charge < -0.3 is 4.74 Å². The Morgan fingerprint density at radius 2 is 2.44 bits per heavy atom. The zero-order valence-electron chi connectivity index (χ0n) is 9.95. The number of methoxy groups -OCH3 is 1. The molecule has 4 nitrogen and oxygen atoms in total. The molecule has 1 unspecified atom stereocenters. The van der Waals surface area contributed by atoms with E-state index in [1.54, 1.807) is 23.0 Å². The van der Waals surface area contributed by atoms with Crippen LogP contribution < -0.4 is 5.32 Å². The van der Waals surface area contributed by atoms with Gasteiger partial charge in [0.25, 0.3) is 0 Å². The molecule has 90 valence electrons. The second-order valence-corrected chi connectivity index (χ2v) is 4.87. The van der Waals surface area contributed by atoms with Crippen molar-refractivity contribution >= 4 is 17.3 Å². The van der Waals surface area contributed by atoms with Crippen LogP contribution in [0.2, 0.25) is 0 Å². The van der Waals surface area contributed by atoms with Gasteiger partial charge in [-0.15, -0.1) is 11.3 Å². The fourth-order valence-electron chi connectivity index (χ4n) is 1.60. The fourth-order valence-corrected chi connectivity index (χ4v) is 2.13. The van der Waals surface area contributed by atoms with Gasteiger partial charge in [0, 0.05) is 17.6 Å². The molecule has 0 saturated carbocycles. The monoisotopic (exact) mass is 242 g/mol. The summed E-state index contributed by atoms with van der Waals surface area (Å²) in [6.45, 7) is 4.58. The summed E-state index contributed by atoms with van der Waals surface area (Å²) < 4.78 is 4.82. The molecule has 0 bridgehead atoms. The topological polar surface area (TPSA) is 51.2 Å². The van der Waals surface area contributed by atoms with Gasteiger partial charge >= 0.3 is 5.97 Å². The number of rotatable bonds is 6. The molecule has 1 rings (SSSR count). The molecule has 0 fully saturated rings. The van der Waals surface area contributed by atoms with E-state index in [0.717, 1.165) is 17.7 Å². The maximum atomic E-state index is 11.7. The van der Waals surface area contributed by atoms with Crippen molar-refractivity contribution in [2.24, 2.45) is 0 Å². The van der Waals surface area contributed by atoms with Gasteiger partial charge in [-0.25, -0.2) is 0 Å². The van der Waals surface area contributed by atoms with Gasteiger partial charge in [0.05, 0.1) is 12.6 Å². The lowest BCUT2D eigenvalue weighted by molar-refractivity contribution is -0.148. The van der Waals surface area contributed by atoms with Crippen molar-refractivity contribution in [3.05, 3.63) is 16.6 Å². The molecule has 16 heavy (non-hydrogen) atoms. The molecule has 0 spiro atoms. The molecular weight excluding hydrogens is 224 g/mol. The minimum absolute atomic E-state index is 0.209. The fraction of sp³-hybridized carbons (Fsp3) is 0.636. The summed E-state index contributed by atoms with van der Waals surface area (Å²) in [6.07, 6.45) is 3.50. The van der Waals surface area contributed by atoms with E-state index < -0.39 is 5.54 Å². The summed E-state index contributed by atoms with van der Waals surface area (Å²) in [5.41, 5.74) is 1.18. The summed E-state index contributed by atoms with van der Waals surface area (Å²) >= 11 is 1.58. The van der Waals surface area contributed by atoms with E-state index in [2.05, 4.69) is 17.2 Å². The van der Waals surface area contributed by atoms with Crippen LogP contribution in [0, 0.1) is 0 Å². The van der Waals surface area contributed by atoms with Crippen molar-refractivity contribution in [3.8, 4) is 0 Å². The van der Waals surface area contributed by atoms with Crippen LogP contribution in [-0.4, -0.2) is 23.6 Å². The first-order valence-corrected chi connectivity index (χ1v) is 6.21. The predicted molar refractivity (Wildman–Crippen MR) is 64.3 cm³/mol. The molecule has 1 heterocycles. The minimum atomic E-state index is -0.604. The number of esters is 1. The summed E-state index contributed by atoms with van der Waals surface area (Å²) in [4.78, 5) is 16.8. The first kappa shape index (κ1) is 13.1. The van der Waals surface area contributed by atoms with Crippen LogP contribution in [-0.2, 0) is 16.1 Å². The first-order chi connectivity index (χ1) is 7.62. The molecule has 1 atom stereocenters. The highest BCUT2D eigenvalue weighted by Gasteiger charge is 2.32. The number of thiazole rings is 1. The van der Waals surface area contributed by atoms with Crippen LogP contribution >= 0.6 is 11.3 Å². The third kappa shape index (κ3) is 3.28. The Balaban J connectivity index is 2.60. The highest BCUT2D eigenvalue weighted by atomic mass is 32.1. The lowest BCUT2D eigenvalue weighted by Gasteiger charge is -2.27. The number of hydrogen-bond acceptors (Lipinski definition) is 5. The Labute approximate surface area is 100 Å². The lowest BCUT2D eigenvalue weighted by atomic mass is 9.96. The molecule has 0 aromatic carbocycles.